The van der Waals surface area contributed by atoms with Crippen LogP contribution in [0.5, 0.6) is 28.7 Å². The molecular formula is C24H24O8. The maximum Gasteiger partial charge on any atom is 0.231 e. The van der Waals surface area contributed by atoms with E-state index in [1.165, 1.54) is 27.4 Å². The quantitative estimate of drug-likeness (QED) is 0.615. The minimum absolute atomic E-state index is 0.0894. The Morgan fingerprint density at radius 3 is 2.41 bits per heavy atom. The number of rotatable bonds is 6. The second kappa shape index (κ2) is 8.12. The van der Waals surface area contributed by atoms with Crippen LogP contribution >= 0.6 is 0 Å². The summed E-state index contributed by atoms with van der Waals surface area (Å²) >= 11 is 0. The average molecular weight is 440 g/mol. The number of benzene rings is 2. The highest BCUT2D eigenvalue weighted by atomic mass is 16.7. The molecule has 0 unspecified atom stereocenters. The summed E-state index contributed by atoms with van der Waals surface area (Å²) in [4.78, 5) is 13.2. The standard InChI is InChI=1S/C24H24O8/c1-24(2,26)7-6-14-17(27-3)11-18-21(22(14)29-5)15(25)10-16(32-18)13-8-19(28-4)23-20(9-13)30-12-31-23/h6-11,26H,12H2,1-5H3/b7-6+. The molecule has 8 heteroatoms. The maximum absolute atomic E-state index is 13.2. The first-order valence-corrected chi connectivity index (χ1v) is 9.88. The topological polar surface area (TPSA) is 96.6 Å². The second-order valence-corrected chi connectivity index (χ2v) is 7.77. The fraction of sp³-hybridized carbons (Fsp3) is 0.292. The molecule has 32 heavy (non-hydrogen) atoms. The molecule has 0 fully saturated rings. The smallest absolute Gasteiger partial charge is 0.231 e. The van der Waals surface area contributed by atoms with Crippen molar-refractivity contribution < 1.29 is 33.2 Å². The Labute approximate surface area is 184 Å². The van der Waals surface area contributed by atoms with Gasteiger partial charge in [0.15, 0.2) is 16.9 Å². The van der Waals surface area contributed by atoms with Crippen LogP contribution < -0.4 is 29.1 Å². The monoisotopic (exact) mass is 440 g/mol. The van der Waals surface area contributed by atoms with Gasteiger partial charge in [-0.2, -0.15) is 0 Å². The number of fused-ring (bicyclic) bond motifs is 2. The van der Waals surface area contributed by atoms with Crippen LogP contribution in [0, 0.1) is 0 Å². The summed E-state index contributed by atoms with van der Waals surface area (Å²) in [5.74, 6) is 2.53. The van der Waals surface area contributed by atoms with Crippen molar-refractivity contribution in [3.63, 3.8) is 0 Å². The molecule has 1 aromatic heterocycles. The molecule has 2 aromatic carbocycles. The van der Waals surface area contributed by atoms with Crippen molar-refractivity contribution in [1.29, 1.82) is 0 Å². The summed E-state index contributed by atoms with van der Waals surface area (Å²) in [6, 6.07) is 6.45. The molecule has 0 saturated heterocycles. The van der Waals surface area contributed by atoms with E-state index in [0.29, 0.717) is 51.2 Å². The summed E-state index contributed by atoms with van der Waals surface area (Å²) in [7, 11) is 4.49. The Kier molecular flexibility index (Phi) is 5.48. The van der Waals surface area contributed by atoms with E-state index in [9.17, 15) is 9.90 Å². The van der Waals surface area contributed by atoms with Crippen molar-refractivity contribution in [2.75, 3.05) is 28.1 Å². The van der Waals surface area contributed by atoms with E-state index in [1.807, 2.05) is 0 Å². The molecular weight excluding hydrogens is 416 g/mol. The van der Waals surface area contributed by atoms with Crippen molar-refractivity contribution in [3.8, 4) is 40.1 Å². The molecule has 4 rings (SSSR count). The highest BCUT2D eigenvalue weighted by Crippen LogP contribution is 2.45. The summed E-state index contributed by atoms with van der Waals surface area (Å²) < 4.78 is 33.5. The third kappa shape index (κ3) is 3.85. The lowest BCUT2D eigenvalue weighted by molar-refractivity contribution is 0.134. The lowest BCUT2D eigenvalue weighted by Gasteiger charge is -2.15. The fourth-order valence-corrected chi connectivity index (χ4v) is 3.52. The molecule has 0 radical (unpaired) electrons. The molecule has 0 amide bonds. The first-order chi connectivity index (χ1) is 15.3. The number of ether oxygens (including phenoxy) is 5. The molecule has 8 nitrogen and oxygen atoms in total. The van der Waals surface area contributed by atoms with E-state index in [1.54, 1.807) is 44.2 Å². The Morgan fingerprint density at radius 1 is 1.00 bits per heavy atom. The summed E-state index contributed by atoms with van der Waals surface area (Å²) in [5, 5.41) is 10.3. The van der Waals surface area contributed by atoms with Gasteiger partial charge >= 0.3 is 0 Å². The molecule has 3 aromatic rings. The molecule has 0 bridgehead atoms. The van der Waals surface area contributed by atoms with Gasteiger partial charge in [0.05, 0.1) is 32.5 Å². The van der Waals surface area contributed by atoms with Crippen LogP contribution in [-0.4, -0.2) is 38.8 Å². The van der Waals surface area contributed by atoms with Gasteiger partial charge in [0.2, 0.25) is 12.5 Å². The zero-order valence-electron chi connectivity index (χ0n) is 18.5. The third-order valence-corrected chi connectivity index (χ3v) is 5.00. The number of hydrogen-bond acceptors (Lipinski definition) is 8. The van der Waals surface area contributed by atoms with Crippen LogP contribution in [0.2, 0.25) is 0 Å². The summed E-state index contributed by atoms with van der Waals surface area (Å²) in [6.07, 6.45) is 3.25. The van der Waals surface area contributed by atoms with Gasteiger partial charge < -0.3 is 33.2 Å². The van der Waals surface area contributed by atoms with Gasteiger partial charge in [-0.25, -0.2) is 0 Å². The normalized spacial score (nSPS) is 13.1. The molecule has 1 aliphatic rings. The fourth-order valence-electron chi connectivity index (χ4n) is 3.52. The van der Waals surface area contributed by atoms with Crippen LogP contribution in [0.15, 0.2) is 39.6 Å². The lowest BCUT2D eigenvalue weighted by Crippen LogP contribution is -2.13. The minimum atomic E-state index is -1.06. The Hall–Kier alpha value is -3.65. The Morgan fingerprint density at radius 2 is 1.75 bits per heavy atom. The van der Waals surface area contributed by atoms with Crippen LogP contribution in [0.3, 0.4) is 0 Å². The molecule has 1 aliphatic heterocycles. The molecule has 1 N–H and O–H groups in total. The third-order valence-electron chi connectivity index (χ3n) is 5.00. The van der Waals surface area contributed by atoms with E-state index in [4.69, 9.17) is 28.1 Å². The predicted octanol–water partition coefficient (Wildman–Crippen LogP) is 4.00. The maximum atomic E-state index is 13.2. The van der Waals surface area contributed by atoms with Crippen LogP contribution in [0.25, 0.3) is 28.4 Å². The molecule has 0 aliphatic carbocycles. The Balaban J connectivity index is 1.94. The van der Waals surface area contributed by atoms with Gasteiger partial charge in [-0.3, -0.25) is 4.79 Å². The van der Waals surface area contributed by atoms with Gasteiger partial charge in [-0.15, -0.1) is 0 Å². The summed E-state index contributed by atoms with van der Waals surface area (Å²) in [6.45, 7) is 3.37. The number of hydrogen-bond donors (Lipinski definition) is 1. The lowest BCUT2D eigenvalue weighted by atomic mass is 10.0. The largest absolute Gasteiger partial charge is 0.496 e. The van der Waals surface area contributed by atoms with E-state index < -0.39 is 5.60 Å². The Bertz CT molecular complexity index is 1260. The zero-order valence-corrected chi connectivity index (χ0v) is 18.5. The molecule has 2 heterocycles. The van der Waals surface area contributed by atoms with Crippen LogP contribution in [-0.2, 0) is 0 Å². The highest BCUT2D eigenvalue weighted by Gasteiger charge is 2.23. The van der Waals surface area contributed by atoms with E-state index >= 15 is 0 Å². The van der Waals surface area contributed by atoms with Gasteiger partial charge in [-0.1, -0.05) is 6.08 Å². The van der Waals surface area contributed by atoms with Gasteiger partial charge in [0, 0.05) is 17.7 Å². The van der Waals surface area contributed by atoms with Crippen molar-refractivity contribution in [3.05, 3.63) is 46.1 Å². The molecule has 0 spiro atoms. The van der Waals surface area contributed by atoms with Gasteiger partial charge in [0.1, 0.15) is 28.2 Å². The van der Waals surface area contributed by atoms with Gasteiger partial charge in [-0.05, 0) is 32.1 Å². The van der Waals surface area contributed by atoms with E-state index in [0.717, 1.165) is 0 Å². The second-order valence-electron chi connectivity index (χ2n) is 7.77. The SMILES string of the molecule is COc1cc2oc(-c3cc(OC)c4c(c3)OCO4)cc(=O)c2c(OC)c1/C=C/C(C)(C)O. The average Bonchev–Trinajstić information content (AvgIpc) is 3.24. The number of aliphatic hydroxyl groups is 1. The predicted molar refractivity (Wildman–Crippen MR) is 119 cm³/mol. The molecule has 0 saturated carbocycles. The van der Waals surface area contributed by atoms with E-state index in [2.05, 4.69) is 0 Å². The van der Waals surface area contributed by atoms with Crippen LogP contribution in [0.1, 0.15) is 19.4 Å². The van der Waals surface area contributed by atoms with Crippen molar-refractivity contribution in [1.82, 2.24) is 0 Å². The van der Waals surface area contributed by atoms with Gasteiger partial charge in [0.25, 0.3) is 0 Å². The molecule has 0 atom stereocenters. The molecule has 168 valence electrons. The first kappa shape index (κ1) is 21.6. The summed E-state index contributed by atoms with van der Waals surface area (Å²) in [5.41, 5.74) is 0.0507. The van der Waals surface area contributed by atoms with Crippen LogP contribution in [0.4, 0.5) is 0 Å². The first-order valence-electron chi connectivity index (χ1n) is 9.88. The highest BCUT2D eigenvalue weighted by molar-refractivity contribution is 5.91. The van der Waals surface area contributed by atoms with E-state index in [-0.39, 0.29) is 17.6 Å². The van der Waals surface area contributed by atoms with Crippen molar-refractivity contribution in [2.45, 2.75) is 19.4 Å². The van der Waals surface area contributed by atoms with Crippen molar-refractivity contribution in [2.24, 2.45) is 0 Å². The minimum Gasteiger partial charge on any atom is -0.496 e. The van der Waals surface area contributed by atoms with Crippen molar-refractivity contribution >= 4 is 17.0 Å². The number of methoxy groups -OCH3 is 3. The zero-order chi connectivity index (χ0) is 23.0.